The number of likely N-dealkylation sites (N-methyl/N-ethyl adjacent to an activating group) is 6. The number of unbranched alkanes of at least 4 members (excludes halogenated alkanes) is 2. The van der Waals surface area contributed by atoms with Crippen molar-refractivity contribution in [2.24, 2.45) is 35.5 Å². The number of nitriles is 1. The summed E-state index contributed by atoms with van der Waals surface area (Å²) >= 11 is 0. The molecule has 472 valence electrons. The maximum atomic E-state index is 14.5. The lowest BCUT2D eigenvalue weighted by atomic mass is 9.95. The Hall–Kier alpha value is -6.60. The van der Waals surface area contributed by atoms with E-state index in [1.54, 1.807) is 27.8 Å². The minimum Gasteiger partial charge on any atom is -0.343 e. The van der Waals surface area contributed by atoms with Crippen molar-refractivity contribution in [1.82, 2.24) is 56.0 Å². The van der Waals surface area contributed by atoms with Crippen LogP contribution in [-0.4, -0.2) is 199 Å². The SMILES string of the molecule is CC[C@H](NC(=O)C(C[C@H](C)C/C=C/CCCC#N)N(C)C(=O)CC(C)C)C(=O)N(C)CC(=O)N(C)[C@@H](CC(C)C)C(=O)N[C@H](C(=O)N(C)[C@@H](CC(C)C)C(=O)NC(C)C(=O)N[C@@H](C)C(=O)N(C)[C@@H](CC(C)C)C(=O)N(C)C(=O)NC)C(C)C. The van der Waals surface area contributed by atoms with E-state index in [0.717, 1.165) is 17.7 Å². The molecule has 2 unspecified atom stereocenters. The molecule has 0 aliphatic carbocycles. The Kier molecular flexibility index (Phi) is 34.6. The first-order valence-electron chi connectivity index (χ1n) is 29.5. The number of carbonyl (C=O) groups excluding carboxylic acids is 11. The normalized spacial score (nSPS) is 14.7. The average molecular weight is 1170 g/mol. The van der Waals surface area contributed by atoms with Gasteiger partial charge in [0.15, 0.2) is 0 Å². The molecule has 0 bridgehead atoms. The maximum Gasteiger partial charge on any atom is 0.323 e. The first-order valence-corrected chi connectivity index (χ1v) is 29.5. The zero-order chi connectivity index (χ0) is 64.3. The first-order chi connectivity index (χ1) is 38.5. The highest BCUT2D eigenvalue weighted by molar-refractivity contribution is 6.00. The van der Waals surface area contributed by atoms with Crippen LogP contribution in [0.1, 0.15) is 161 Å². The van der Waals surface area contributed by atoms with E-state index in [-0.39, 0.29) is 67.6 Å². The number of hydrogen-bond acceptors (Lipinski definition) is 12. The Bertz CT molecular complexity index is 2250. The Labute approximate surface area is 496 Å². The minimum absolute atomic E-state index is 0.0123. The molecule has 0 aliphatic heterocycles. The van der Waals surface area contributed by atoms with Crippen molar-refractivity contribution in [2.45, 2.75) is 209 Å². The van der Waals surface area contributed by atoms with E-state index in [4.69, 9.17) is 5.26 Å². The Morgan fingerprint density at radius 3 is 1.47 bits per heavy atom. The van der Waals surface area contributed by atoms with Crippen LogP contribution in [0, 0.1) is 46.8 Å². The summed E-state index contributed by atoms with van der Waals surface area (Å²) < 4.78 is 0. The third-order valence-electron chi connectivity index (χ3n) is 14.5. The van der Waals surface area contributed by atoms with Gasteiger partial charge in [0.1, 0.15) is 48.3 Å². The second kappa shape index (κ2) is 37.6. The fraction of sp³-hybridized carbons (Fsp3) is 0.767. The second-order valence-electron chi connectivity index (χ2n) is 24.4. The Balaban J connectivity index is 6.42. The first kappa shape index (κ1) is 76.4. The van der Waals surface area contributed by atoms with Gasteiger partial charge in [-0.25, -0.2) is 4.79 Å². The minimum atomic E-state index is -1.20. The molecule has 5 N–H and O–H groups in total. The zero-order valence-corrected chi connectivity index (χ0v) is 54.1. The predicted octanol–water partition coefficient (Wildman–Crippen LogP) is 4.45. The highest BCUT2D eigenvalue weighted by Gasteiger charge is 2.40. The molecule has 0 radical (unpaired) electrons. The highest BCUT2D eigenvalue weighted by atomic mass is 16.2. The summed E-state index contributed by atoms with van der Waals surface area (Å²) in [5.41, 5.74) is 0. The lowest BCUT2D eigenvalue weighted by Gasteiger charge is -2.36. The van der Waals surface area contributed by atoms with Gasteiger partial charge in [-0.1, -0.05) is 95.2 Å². The molecule has 0 aromatic carbocycles. The summed E-state index contributed by atoms with van der Waals surface area (Å²) in [6.07, 6.45) is 7.93. The number of nitrogens with one attached hydrogen (secondary N) is 5. The van der Waals surface area contributed by atoms with Crippen molar-refractivity contribution in [2.75, 3.05) is 55.9 Å². The fourth-order valence-electron chi connectivity index (χ4n) is 9.28. The van der Waals surface area contributed by atoms with Crippen LogP contribution in [0.5, 0.6) is 0 Å². The lowest BCUT2D eigenvalue weighted by molar-refractivity contribution is -0.147. The Morgan fingerprint density at radius 1 is 0.506 bits per heavy atom. The number of hydrogen-bond donors (Lipinski definition) is 5. The fourth-order valence-corrected chi connectivity index (χ4v) is 9.28. The number of rotatable bonds is 35. The van der Waals surface area contributed by atoms with Crippen LogP contribution in [0.3, 0.4) is 0 Å². The predicted molar refractivity (Wildman–Crippen MR) is 320 cm³/mol. The van der Waals surface area contributed by atoms with E-state index in [0.29, 0.717) is 19.3 Å². The second-order valence-corrected chi connectivity index (χ2v) is 24.4. The van der Waals surface area contributed by atoms with Crippen molar-refractivity contribution in [1.29, 1.82) is 5.26 Å². The number of carbonyl (C=O) groups is 11. The van der Waals surface area contributed by atoms with Gasteiger partial charge in [0.25, 0.3) is 5.91 Å². The lowest BCUT2D eigenvalue weighted by Crippen LogP contribution is -2.60. The summed E-state index contributed by atoms with van der Waals surface area (Å²) in [4.78, 5) is 159. The molecule has 23 heteroatoms. The van der Waals surface area contributed by atoms with Crippen LogP contribution in [-0.2, 0) is 47.9 Å². The molecule has 9 atom stereocenters. The van der Waals surface area contributed by atoms with Gasteiger partial charge in [0.2, 0.25) is 53.2 Å². The molecule has 83 heavy (non-hydrogen) atoms. The number of amides is 12. The zero-order valence-electron chi connectivity index (χ0n) is 54.1. The average Bonchev–Trinajstić information content (AvgIpc) is 3.45. The number of urea groups is 1. The molecule has 0 aliphatic rings. The van der Waals surface area contributed by atoms with Gasteiger partial charge in [0.05, 0.1) is 12.6 Å². The van der Waals surface area contributed by atoms with Gasteiger partial charge in [-0.2, -0.15) is 5.26 Å². The monoisotopic (exact) mass is 1170 g/mol. The molecule has 12 amide bonds. The van der Waals surface area contributed by atoms with Crippen molar-refractivity contribution in [3.05, 3.63) is 12.2 Å². The van der Waals surface area contributed by atoms with E-state index in [2.05, 4.69) is 32.7 Å². The molecule has 0 heterocycles. The number of allylic oxidation sites excluding steroid dienone is 2. The van der Waals surface area contributed by atoms with E-state index in [1.165, 1.54) is 80.6 Å². The van der Waals surface area contributed by atoms with Crippen LogP contribution in [0.4, 0.5) is 4.79 Å². The van der Waals surface area contributed by atoms with Gasteiger partial charge in [-0.3, -0.25) is 52.8 Å². The van der Waals surface area contributed by atoms with Crippen molar-refractivity contribution >= 4 is 65.1 Å². The van der Waals surface area contributed by atoms with Gasteiger partial charge in [0, 0.05) is 62.2 Å². The number of nitrogens with zero attached hydrogens (tertiary/aromatic N) is 7. The third kappa shape index (κ3) is 25.8. The standard InChI is InChI=1S/C60H106N12O11/c1-22-44(65-54(77)47(68(17)49(73)33-39(8)9)34-41(12)28-26-24-23-25-27-29-61)57(80)67(16)35-50(74)69(18)45(30-36(2)3)55(78)66-51(40(10)11)59(82)70(19)46(31-37(4)5)53(76)63-42(13)52(75)64-43(14)56(79)71(20)48(32-38(6)7)58(81)72(21)60(83)62-15/h24,26,36-48,51H,22-23,25,27-28,30-35H2,1-21H3,(H,62,83)(H,63,76)(H,64,75)(H,65,77)(H,66,78)/b26-24+/t41-,42?,43+,44+,45+,46+,47?,48+,51+/m1/s1. The van der Waals surface area contributed by atoms with Gasteiger partial charge in [-0.15, -0.1) is 0 Å². The summed E-state index contributed by atoms with van der Waals surface area (Å²) in [7, 11) is 9.98. The van der Waals surface area contributed by atoms with Crippen LogP contribution < -0.4 is 26.6 Å². The molecule has 0 aromatic heterocycles. The van der Waals surface area contributed by atoms with Gasteiger partial charge < -0.3 is 51.1 Å². The van der Waals surface area contributed by atoms with E-state index in [9.17, 15) is 52.7 Å². The largest absolute Gasteiger partial charge is 0.343 e. The van der Waals surface area contributed by atoms with Gasteiger partial charge in [-0.05, 0) is 101 Å². The summed E-state index contributed by atoms with van der Waals surface area (Å²) in [6.45, 7) is 24.6. The van der Waals surface area contributed by atoms with Crippen LogP contribution in [0.15, 0.2) is 12.2 Å². The van der Waals surface area contributed by atoms with Crippen molar-refractivity contribution in [3.63, 3.8) is 0 Å². The molecule has 0 rings (SSSR count). The molecule has 23 nitrogen and oxygen atoms in total. The smallest absolute Gasteiger partial charge is 0.323 e. The van der Waals surface area contributed by atoms with Crippen molar-refractivity contribution in [3.8, 4) is 6.07 Å². The van der Waals surface area contributed by atoms with Crippen molar-refractivity contribution < 1.29 is 52.7 Å². The summed E-state index contributed by atoms with van der Waals surface area (Å²) in [5, 5.41) is 22.2. The highest BCUT2D eigenvalue weighted by Crippen LogP contribution is 2.21. The van der Waals surface area contributed by atoms with Gasteiger partial charge >= 0.3 is 6.03 Å². The molecule has 0 spiro atoms. The molecule has 0 saturated heterocycles. The Morgan fingerprint density at radius 2 is 0.976 bits per heavy atom. The van der Waals surface area contributed by atoms with Crippen LogP contribution >= 0.6 is 0 Å². The van der Waals surface area contributed by atoms with E-state index >= 15 is 0 Å². The van der Waals surface area contributed by atoms with Crippen LogP contribution in [0.25, 0.3) is 0 Å². The quantitative estimate of drug-likeness (QED) is 0.0435. The topological polar surface area (TPSA) is 291 Å². The molecule has 0 fully saturated rings. The molecule has 0 aromatic rings. The van der Waals surface area contributed by atoms with E-state index in [1.807, 2.05) is 74.5 Å². The number of imide groups is 1. The summed E-state index contributed by atoms with van der Waals surface area (Å²) in [6, 6.07) is -7.23. The third-order valence-corrected chi connectivity index (χ3v) is 14.5. The molecular weight excluding hydrogens is 1060 g/mol. The van der Waals surface area contributed by atoms with E-state index < -0.39 is 120 Å². The summed E-state index contributed by atoms with van der Waals surface area (Å²) in [5.74, 6) is -6.47. The maximum absolute atomic E-state index is 14.5. The molecule has 0 saturated carbocycles. The molecular formula is C60H106N12O11. The van der Waals surface area contributed by atoms with Crippen LogP contribution in [0.2, 0.25) is 0 Å².